The van der Waals surface area contributed by atoms with Gasteiger partial charge in [0.05, 0.1) is 30.5 Å². The summed E-state index contributed by atoms with van der Waals surface area (Å²) in [6.45, 7) is 21.9. The van der Waals surface area contributed by atoms with Crippen LogP contribution in [0.1, 0.15) is 31.5 Å². The number of carbonyl (C=O) groups excluding carboxylic acids is 1. The molecule has 276 valence electrons. The number of amides is 1. The maximum absolute atomic E-state index is 16.2. The van der Waals surface area contributed by atoms with E-state index in [0.29, 0.717) is 69.2 Å². The van der Waals surface area contributed by atoms with Gasteiger partial charge in [0.15, 0.2) is 17.5 Å². The second kappa shape index (κ2) is 14.1. The monoisotopic (exact) mass is 730 g/mol. The second-order valence-corrected chi connectivity index (χ2v) is 28.6. The summed E-state index contributed by atoms with van der Waals surface area (Å²) in [5.41, 5.74) is 3.29. The van der Waals surface area contributed by atoms with Gasteiger partial charge in [0.1, 0.15) is 24.7 Å². The van der Waals surface area contributed by atoms with Gasteiger partial charge in [0.25, 0.3) is 0 Å². The van der Waals surface area contributed by atoms with Gasteiger partial charge >= 0.3 is 0 Å². The minimum atomic E-state index is -1.39. The van der Waals surface area contributed by atoms with Crippen LogP contribution < -0.4 is 4.90 Å². The van der Waals surface area contributed by atoms with Crippen LogP contribution in [0.3, 0.4) is 0 Å². The van der Waals surface area contributed by atoms with Crippen LogP contribution in [0, 0.1) is 23.0 Å². The average molecular weight is 731 g/mol. The van der Waals surface area contributed by atoms with Crippen molar-refractivity contribution in [1.82, 2.24) is 24.2 Å². The molecule has 1 saturated carbocycles. The largest absolute Gasteiger partial charge is 0.379 e. The van der Waals surface area contributed by atoms with Gasteiger partial charge < -0.3 is 19.1 Å². The highest BCUT2D eigenvalue weighted by molar-refractivity contribution is 6.76. The number of morpholine rings is 1. The summed E-state index contributed by atoms with van der Waals surface area (Å²) in [4.78, 5) is 21.6. The van der Waals surface area contributed by atoms with Crippen LogP contribution in [0.5, 0.6) is 0 Å². The Morgan fingerprint density at radius 3 is 2.34 bits per heavy atom. The van der Waals surface area contributed by atoms with Crippen LogP contribution in [0.25, 0.3) is 22.6 Å². The van der Waals surface area contributed by atoms with Crippen molar-refractivity contribution in [3.05, 3.63) is 29.0 Å². The Labute approximate surface area is 297 Å². The number of aromatic nitrogens is 4. The minimum absolute atomic E-state index is 0.0954. The van der Waals surface area contributed by atoms with Gasteiger partial charge in [0.2, 0.25) is 5.91 Å². The highest BCUT2D eigenvalue weighted by Gasteiger charge is 2.54. The molecule has 2 fully saturated rings. The van der Waals surface area contributed by atoms with Crippen LogP contribution in [-0.4, -0.2) is 98.9 Å². The molecule has 10 nitrogen and oxygen atoms in total. The van der Waals surface area contributed by atoms with Crippen LogP contribution in [0.4, 0.5) is 14.5 Å². The number of hydrogen-bond acceptors (Lipinski definition) is 7. The summed E-state index contributed by atoms with van der Waals surface area (Å²) in [5, 5.41) is 5.09. The highest BCUT2D eigenvalue weighted by atomic mass is 28.3. The fraction of sp³-hybridized carbons (Fsp3) is 0.694. The summed E-state index contributed by atoms with van der Waals surface area (Å²) in [7, 11) is -1.15. The summed E-state index contributed by atoms with van der Waals surface area (Å²) < 4.78 is 53.8. The molecule has 1 saturated heterocycles. The predicted octanol–water partition coefficient (Wildman–Crippen LogP) is 6.61. The van der Waals surface area contributed by atoms with E-state index in [4.69, 9.17) is 24.3 Å². The van der Waals surface area contributed by atoms with Crippen molar-refractivity contribution < 1.29 is 27.8 Å². The van der Waals surface area contributed by atoms with E-state index in [1.807, 2.05) is 14.1 Å². The topological polar surface area (TPSA) is 86.9 Å². The van der Waals surface area contributed by atoms with Gasteiger partial charge in [-0.25, -0.2) is 18.4 Å². The van der Waals surface area contributed by atoms with Gasteiger partial charge in [-0.1, -0.05) is 46.2 Å². The molecule has 50 heavy (non-hydrogen) atoms. The second-order valence-electron chi connectivity index (χ2n) is 17.4. The number of imidazole rings is 1. The van der Waals surface area contributed by atoms with Crippen LogP contribution >= 0.6 is 0 Å². The molecule has 3 atom stereocenters. The zero-order chi connectivity index (χ0) is 36.2. The summed E-state index contributed by atoms with van der Waals surface area (Å²) in [6, 6.07) is 3.03. The van der Waals surface area contributed by atoms with Crippen molar-refractivity contribution in [1.29, 1.82) is 0 Å². The third kappa shape index (κ3) is 7.80. The molecule has 3 aromatic rings. The number of nitrogens with zero attached hydrogens (tertiary/aromatic N) is 6. The molecule has 0 N–H and O–H groups in total. The molecule has 1 aliphatic heterocycles. The third-order valence-corrected chi connectivity index (χ3v) is 14.3. The van der Waals surface area contributed by atoms with Crippen LogP contribution in [0.2, 0.25) is 51.4 Å². The minimum Gasteiger partial charge on any atom is -0.379 e. The number of hydrogen-bond donors (Lipinski definition) is 0. The number of carbonyl (C=O) groups is 1. The molecule has 14 heteroatoms. The van der Waals surface area contributed by atoms with Gasteiger partial charge in [-0.15, -0.1) is 0 Å². The van der Waals surface area contributed by atoms with Crippen LogP contribution in [-0.2, 0) is 45.3 Å². The number of benzene rings is 1. The van der Waals surface area contributed by atoms with E-state index >= 15 is 8.78 Å². The number of likely N-dealkylation sites (N-methyl/N-ethyl adjacent to an activating group) is 1. The fourth-order valence-electron chi connectivity index (χ4n) is 7.22. The number of anilines is 1. The Kier molecular flexibility index (Phi) is 10.5. The standard InChI is InChI=1S/C36H56F2N6O4Si2/c1-24(42-10-12-46-13-11-42)35(45)41(3)27-19-28-33(31(38)30(27)37)39-34(43(28)22-47-14-16-49(4,5)6)32-26-18-25-20-36(25,2)21-29(26)44(40-32)23-48-15-17-50(7,8)9/h19,24-25H,10-18,20-23H2,1-9H3/t24-,25+,36+/m0/s1. The molecule has 1 amide bonds. The maximum atomic E-state index is 16.2. The molecule has 3 aliphatic rings. The van der Waals surface area contributed by atoms with Crippen molar-refractivity contribution in [2.75, 3.05) is 51.5 Å². The first-order valence-corrected chi connectivity index (χ1v) is 25.6. The fourth-order valence-corrected chi connectivity index (χ4v) is 8.74. The van der Waals surface area contributed by atoms with Gasteiger partial charge in [0, 0.05) is 60.8 Å². The molecular weight excluding hydrogens is 675 g/mol. The zero-order valence-electron chi connectivity index (χ0n) is 31.5. The molecule has 2 aliphatic carbocycles. The van der Waals surface area contributed by atoms with Gasteiger partial charge in [-0.05, 0) is 55.7 Å². The van der Waals surface area contributed by atoms with Crippen molar-refractivity contribution in [2.24, 2.45) is 11.3 Å². The van der Waals surface area contributed by atoms with E-state index in [2.05, 4.69) is 46.2 Å². The van der Waals surface area contributed by atoms with E-state index < -0.39 is 33.8 Å². The SMILES string of the molecule is C[C@@H](C(=O)N(C)c1cc2c(nc(-c3nn(COCC[Si](C)(C)C)c4c3C[C@@H]3C[C@]3(C)C4)n2COCC[Si](C)(C)C)c(F)c1F)N1CCOCC1. The van der Waals surface area contributed by atoms with E-state index in [1.54, 1.807) is 6.92 Å². The Bertz CT molecular complexity index is 1730. The predicted molar refractivity (Wildman–Crippen MR) is 198 cm³/mol. The number of rotatable bonds is 14. The molecule has 0 radical (unpaired) electrons. The normalized spacial score (nSPS) is 21.7. The molecule has 0 bridgehead atoms. The lowest BCUT2D eigenvalue weighted by Crippen LogP contribution is -2.50. The van der Waals surface area contributed by atoms with Crippen molar-refractivity contribution in [2.45, 2.75) is 104 Å². The van der Waals surface area contributed by atoms with Gasteiger partial charge in [-0.2, -0.15) is 5.10 Å². The van der Waals surface area contributed by atoms with E-state index in [0.717, 1.165) is 42.6 Å². The first-order chi connectivity index (χ1) is 23.5. The first-order valence-electron chi connectivity index (χ1n) is 18.2. The Morgan fingerprint density at radius 1 is 1.06 bits per heavy atom. The van der Waals surface area contributed by atoms with Crippen LogP contribution in [0.15, 0.2) is 6.07 Å². The molecule has 0 spiro atoms. The number of ether oxygens (including phenoxy) is 3. The van der Waals surface area contributed by atoms with Crippen molar-refractivity contribution >= 4 is 38.8 Å². The lowest BCUT2D eigenvalue weighted by Gasteiger charge is -2.33. The highest BCUT2D eigenvalue weighted by Crippen LogP contribution is 2.60. The molecule has 2 aromatic heterocycles. The smallest absolute Gasteiger partial charge is 0.243 e. The maximum Gasteiger partial charge on any atom is 0.243 e. The van der Waals surface area contributed by atoms with Crippen molar-refractivity contribution in [3.8, 4) is 11.5 Å². The average Bonchev–Trinajstić information content (AvgIpc) is 3.42. The summed E-state index contributed by atoms with van der Waals surface area (Å²) >= 11 is 0. The Hall–Kier alpha value is -2.50. The molecule has 0 unspecified atom stereocenters. The molecule has 6 rings (SSSR count). The van der Waals surface area contributed by atoms with E-state index in [-0.39, 0.29) is 29.3 Å². The molecule has 1 aromatic carbocycles. The molecule has 3 heterocycles. The van der Waals surface area contributed by atoms with Gasteiger partial charge in [-0.3, -0.25) is 14.3 Å². The quantitative estimate of drug-likeness (QED) is 0.136. The lowest BCUT2D eigenvalue weighted by atomic mass is 9.87. The first kappa shape index (κ1) is 37.3. The Balaban J connectivity index is 1.40. The summed E-state index contributed by atoms with van der Waals surface area (Å²) in [6.07, 6.45) is 2.90. The number of halogens is 2. The summed E-state index contributed by atoms with van der Waals surface area (Å²) in [5.74, 6) is -1.51. The van der Waals surface area contributed by atoms with Crippen molar-refractivity contribution in [3.63, 3.8) is 0 Å². The van der Waals surface area contributed by atoms with E-state index in [9.17, 15) is 4.79 Å². The Morgan fingerprint density at radius 2 is 1.70 bits per heavy atom. The molecular formula is C36H56F2N6O4Si2. The van der Waals surface area contributed by atoms with E-state index in [1.165, 1.54) is 18.0 Å². The third-order valence-electron chi connectivity index (χ3n) is 10.9. The number of fused-ring (bicyclic) bond motifs is 3. The lowest BCUT2D eigenvalue weighted by molar-refractivity contribution is -0.124. The zero-order valence-corrected chi connectivity index (χ0v) is 33.5.